The third-order valence-electron chi connectivity index (χ3n) is 4.00. The highest BCUT2D eigenvalue weighted by atomic mass is 16.2. The van der Waals surface area contributed by atoms with Crippen LogP contribution < -0.4 is 10.2 Å². The number of carbonyl (C=O) groups excluding carboxylic acids is 2. The average Bonchev–Trinajstić information content (AvgIpc) is 2.61. The van der Waals surface area contributed by atoms with E-state index >= 15 is 0 Å². The van der Waals surface area contributed by atoms with E-state index in [9.17, 15) is 9.59 Å². The van der Waals surface area contributed by atoms with Crippen molar-refractivity contribution in [3.63, 3.8) is 0 Å². The molecule has 0 atom stereocenters. The summed E-state index contributed by atoms with van der Waals surface area (Å²) in [6, 6.07) is 16.4. The van der Waals surface area contributed by atoms with Gasteiger partial charge >= 0.3 is 0 Å². The quantitative estimate of drug-likeness (QED) is 0.884. The molecule has 1 aliphatic heterocycles. The summed E-state index contributed by atoms with van der Waals surface area (Å²) in [5.74, 6) is -0.589. The van der Waals surface area contributed by atoms with E-state index in [1.165, 1.54) is 0 Å². The molecule has 0 unspecified atom stereocenters. The third kappa shape index (κ3) is 3.44. The number of carbonyl (C=O) groups is 2. The summed E-state index contributed by atoms with van der Waals surface area (Å²) in [5, 5.41) is 11.6. The van der Waals surface area contributed by atoms with E-state index in [4.69, 9.17) is 5.26 Å². The van der Waals surface area contributed by atoms with Gasteiger partial charge in [-0.1, -0.05) is 24.3 Å². The average molecular weight is 319 g/mol. The molecule has 2 amide bonds. The number of para-hydroxylation sites is 1. The van der Waals surface area contributed by atoms with Gasteiger partial charge in [0.1, 0.15) is 6.42 Å². The lowest BCUT2D eigenvalue weighted by Gasteiger charge is -2.29. The minimum absolute atomic E-state index is 0.212. The zero-order chi connectivity index (χ0) is 16.9. The molecule has 2 aromatic carbocycles. The van der Waals surface area contributed by atoms with Crippen LogP contribution in [0, 0.1) is 11.3 Å². The van der Waals surface area contributed by atoms with Gasteiger partial charge in [-0.2, -0.15) is 5.26 Å². The van der Waals surface area contributed by atoms with Crippen molar-refractivity contribution in [1.29, 1.82) is 5.26 Å². The summed E-state index contributed by atoms with van der Waals surface area (Å²) in [5.41, 5.74) is 3.02. The molecule has 3 rings (SSSR count). The van der Waals surface area contributed by atoms with Crippen molar-refractivity contribution in [3.8, 4) is 6.07 Å². The lowest BCUT2D eigenvalue weighted by molar-refractivity contribution is -0.125. The molecule has 0 aliphatic carbocycles. The summed E-state index contributed by atoms with van der Waals surface area (Å²) in [6.45, 7) is 0.632. The smallest absolute Gasteiger partial charge is 0.236 e. The Morgan fingerprint density at radius 1 is 1.17 bits per heavy atom. The number of amides is 2. The molecule has 5 nitrogen and oxygen atoms in total. The molecule has 120 valence electrons. The maximum absolute atomic E-state index is 12.5. The lowest BCUT2D eigenvalue weighted by atomic mass is 10.0. The lowest BCUT2D eigenvalue weighted by Crippen LogP contribution is -2.37. The van der Waals surface area contributed by atoms with Gasteiger partial charge in [0.05, 0.1) is 11.6 Å². The van der Waals surface area contributed by atoms with Crippen molar-refractivity contribution < 1.29 is 9.59 Å². The van der Waals surface area contributed by atoms with Gasteiger partial charge < -0.3 is 10.2 Å². The molecule has 0 radical (unpaired) electrons. The maximum atomic E-state index is 12.5. The van der Waals surface area contributed by atoms with Crippen LogP contribution in [0.5, 0.6) is 0 Å². The van der Waals surface area contributed by atoms with Crippen molar-refractivity contribution >= 4 is 23.2 Å². The zero-order valence-electron chi connectivity index (χ0n) is 13.2. The minimum Gasteiger partial charge on any atom is -0.326 e. The first-order chi connectivity index (χ1) is 11.7. The van der Waals surface area contributed by atoms with E-state index in [1.807, 2.05) is 30.3 Å². The number of nitrogens with zero attached hydrogens (tertiary/aromatic N) is 2. The summed E-state index contributed by atoms with van der Waals surface area (Å²) in [7, 11) is 0. The Labute approximate surface area is 140 Å². The van der Waals surface area contributed by atoms with Gasteiger partial charge in [0.15, 0.2) is 0 Å². The molecule has 0 spiro atoms. The fourth-order valence-corrected chi connectivity index (χ4v) is 2.90. The second-order valence-corrected chi connectivity index (χ2v) is 5.70. The van der Waals surface area contributed by atoms with Crippen LogP contribution in [0.25, 0.3) is 0 Å². The largest absolute Gasteiger partial charge is 0.326 e. The molecule has 2 aromatic rings. The van der Waals surface area contributed by atoms with E-state index in [0.717, 1.165) is 24.1 Å². The first-order valence-corrected chi connectivity index (χ1v) is 7.85. The molecule has 0 fully saturated rings. The van der Waals surface area contributed by atoms with Crippen molar-refractivity contribution in [2.24, 2.45) is 0 Å². The predicted molar refractivity (Wildman–Crippen MR) is 91.5 cm³/mol. The predicted octanol–water partition coefficient (Wildman–Crippen LogP) is 2.87. The van der Waals surface area contributed by atoms with Crippen LogP contribution >= 0.6 is 0 Å². The summed E-state index contributed by atoms with van der Waals surface area (Å²) < 4.78 is 0. The van der Waals surface area contributed by atoms with Crippen molar-refractivity contribution in [2.75, 3.05) is 16.8 Å². The number of nitriles is 1. The Morgan fingerprint density at radius 3 is 2.83 bits per heavy atom. The molecule has 24 heavy (non-hydrogen) atoms. The molecule has 0 bridgehead atoms. The second kappa shape index (κ2) is 6.97. The number of fused-ring (bicyclic) bond motifs is 1. The van der Waals surface area contributed by atoms with Crippen LogP contribution in [-0.2, 0) is 16.0 Å². The Bertz CT molecular complexity index is 823. The van der Waals surface area contributed by atoms with Gasteiger partial charge in [-0.25, -0.2) is 0 Å². The Balaban J connectivity index is 1.67. The fraction of sp³-hybridized carbons (Fsp3) is 0.211. The van der Waals surface area contributed by atoms with Gasteiger partial charge in [0, 0.05) is 17.9 Å². The second-order valence-electron chi connectivity index (χ2n) is 5.70. The summed E-state index contributed by atoms with van der Waals surface area (Å²) in [4.78, 5) is 26.3. The van der Waals surface area contributed by atoms with E-state index in [-0.39, 0.29) is 18.2 Å². The Hall–Kier alpha value is -3.13. The van der Waals surface area contributed by atoms with Crippen molar-refractivity contribution in [2.45, 2.75) is 19.3 Å². The van der Waals surface area contributed by atoms with Gasteiger partial charge in [-0.15, -0.1) is 0 Å². The van der Waals surface area contributed by atoms with Crippen molar-refractivity contribution in [1.82, 2.24) is 0 Å². The number of hydrogen-bond acceptors (Lipinski definition) is 3. The first-order valence-electron chi connectivity index (χ1n) is 7.85. The molecule has 5 heteroatoms. The molecular formula is C19H17N3O2. The van der Waals surface area contributed by atoms with Crippen molar-refractivity contribution in [3.05, 3.63) is 59.7 Å². The molecule has 1 aliphatic rings. The van der Waals surface area contributed by atoms with Crippen LogP contribution in [-0.4, -0.2) is 18.4 Å². The molecule has 1 N–H and O–H groups in total. The number of benzene rings is 2. The highest BCUT2D eigenvalue weighted by molar-refractivity contribution is 6.09. The van der Waals surface area contributed by atoms with E-state index in [1.54, 1.807) is 29.2 Å². The molecule has 0 saturated carbocycles. The molecule has 1 heterocycles. The number of anilines is 2. The summed E-state index contributed by atoms with van der Waals surface area (Å²) >= 11 is 0. The molecule has 0 saturated heterocycles. The molecular weight excluding hydrogens is 302 g/mol. The van der Waals surface area contributed by atoms with Crippen LogP contribution in [0.1, 0.15) is 24.0 Å². The topological polar surface area (TPSA) is 73.2 Å². The van der Waals surface area contributed by atoms with Crippen LogP contribution in [0.2, 0.25) is 0 Å². The minimum atomic E-state index is -0.377. The monoisotopic (exact) mass is 319 g/mol. The van der Waals surface area contributed by atoms with Gasteiger partial charge in [0.25, 0.3) is 0 Å². The zero-order valence-corrected chi connectivity index (χ0v) is 13.2. The number of rotatable bonds is 3. The van der Waals surface area contributed by atoms with E-state index in [0.29, 0.717) is 17.8 Å². The Morgan fingerprint density at radius 2 is 2.00 bits per heavy atom. The normalized spacial score (nSPS) is 12.9. The summed E-state index contributed by atoms with van der Waals surface area (Å²) in [6.07, 6.45) is 1.63. The van der Waals surface area contributed by atoms with E-state index in [2.05, 4.69) is 5.32 Å². The number of hydrogen-bond donors (Lipinski definition) is 1. The van der Waals surface area contributed by atoms with Crippen LogP contribution in [0.3, 0.4) is 0 Å². The fourth-order valence-electron chi connectivity index (χ4n) is 2.90. The SMILES string of the molecule is N#Cc1cccc(NC(=O)CC(=O)N2CCCc3ccccc32)c1. The standard InChI is InChI=1S/C19H17N3O2/c20-13-14-5-3-8-16(11-14)21-18(23)12-19(24)22-10-4-7-15-6-1-2-9-17(15)22/h1-3,5-6,8-9,11H,4,7,10,12H2,(H,21,23). The highest BCUT2D eigenvalue weighted by Crippen LogP contribution is 2.27. The van der Waals surface area contributed by atoms with Gasteiger partial charge in [-0.05, 0) is 42.7 Å². The van der Waals surface area contributed by atoms with Gasteiger partial charge in [-0.3, -0.25) is 9.59 Å². The highest BCUT2D eigenvalue weighted by Gasteiger charge is 2.23. The van der Waals surface area contributed by atoms with E-state index < -0.39 is 0 Å². The Kier molecular flexibility index (Phi) is 4.57. The molecule has 0 aromatic heterocycles. The number of aryl methyl sites for hydroxylation is 1. The van der Waals surface area contributed by atoms with Gasteiger partial charge in [0.2, 0.25) is 11.8 Å². The first kappa shape index (κ1) is 15.8. The number of nitrogens with one attached hydrogen (secondary N) is 1. The maximum Gasteiger partial charge on any atom is 0.236 e. The van der Waals surface area contributed by atoms with Crippen LogP contribution in [0.15, 0.2) is 48.5 Å². The van der Waals surface area contributed by atoms with Crippen LogP contribution in [0.4, 0.5) is 11.4 Å². The third-order valence-corrected chi connectivity index (χ3v) is 4.00.